The number of hydrogen-bond donors (Lipinski definition) is 0. The summed E-state index contributed by atoms with van der Waals surface area (Å²) in [4.78, 5) is 47.1. The summed E-state index contributed by atoms with van der Waals surface area (Å²) in [5.41, 5.74) is 0.709. The van der Waals surface area contributed by atoms with E-state index in [2.05, 4.69) is 13.2 Å². The van der Waals surface area contributed by atoms with Crippen molar-refractivity contribution in [2.24, 2.45) is 0 Å². The number of hydrogen-bond acceptors (Lipinski definition) is 10. The van der Waals surface area contributed by atoms with Crippen LogP contribution in [0.2, 0.25) is 0 Å². The van der Waals surface area contributed by atoms with Crippen LogP contribution in [0.15, 0.2) is 97.5 Å². The second-order valence-corrected chi connectivity index (χ2v) is 8.74. The van der Waals surface area contributed by atoms with Crippen molar-refractivity contribution >= 4 is 23.9 Å². The Morgan fingerprint density at radius 3 is 1.31 bits per heavy atom. The molecule has 3 rings (SSSR count). The molecule has 2 aromatic carbocycles. The molecule has 0 atom stereocenters. The molecule has 0 fully saturated rings. The minimum absolute atomic E-state index is 0.225. The van der Waals surface area contributed by atoms with Crippen LogP contribution >= 0.6 is 0 Å². The van der Waals surface area contributed by atoms with Gasteiger partial charge in [0.2, 0.25) is 0 Å². The monoisotopic (exact) mass is 576 g/mol. The summed E-state index contributed by atoms with van der Waals surface area (Å²) in [6.07, 6.45) is 7.21. The first kappa shape index (κ1) is 31.4. The van der Waals surface area contributed by atoms with Crippen LogP contribution in [-0.4, -0.2) is 50.3 Å². The molecule has 0 spiro atoms. The summed E-state index contributed by atoms with van der Waals surface area (Å²) < 4.78 is 31.8. The van der Waals surface area contributed by atoms with Crippen molar-refractivity contribution in [3.8, 4) is 11.5 Å². The molecule has 10 heteroatoms. The zero-order valence-electron chi connectivity index (χ0n) is 23.1. The lowest BCUT2D eigenvalue weighted by Crippen LogP contribution is -2.10. The van der Waals surface area contributed by atoms with E-state index in [1.165, 1.54) is 0 Å². The maximum atomic E-state index is 12.5. The molecule has 0 amide bonds. The molecule has 0 bridgehead atoms. The molecular formula is C32H32O10. The van der Waals surface area contributed by atoms with Gasteiger partial charge in [-0.25, -0.2) is 19.2 Å². The fourth-order valence-corrected chi connectivity index (χ4v) is 3.46. The SMILES string of the molecule is C=CC(=O)OCCCOc1ccc(C(=O)OC2=CC=C(OC(=O)c3ccc(OCCCOC(=O)C=C)cc3)CC2)cc1. The van der Waals surface area contributed by atoms with Crippen molar-refractivity contribution < 1.29 is 47.6 Å². The van der Waals surface area contributed by atoms with E-state index in [1.807, 2.05) is 0 Å². The summed E-state index contributed by atoms with van der Waals surface area (Å²) in [6, 6.07) is 13.0. The van der Waals surface area contributed by atoms with Gasteiger partial charge in [0.1, 0.15) is 23.0 Å². The lowest BCUT2D eigenvalue weighted by atomic mass is 10.1. The van der Waals surface area contributed by atoms with Gasteiger partial charge in [-0.05, 0) is 60.7 Å². The fourth-order valence-electron chi connectivity index (χ4n) is 3.46. The third kappa shape index (κ3) is 10.8. The first-order valence-electron chi connectivity index (χ1n) is 13.3. The highest BCUT2D eigenvalue weighted by molar-refractivity contribution is 5.91. The highest BCUT2D eigenvalue weighted by atomic mass is 16.6. The zero-order valence-corrected chi connectivity index (χ0v) is 23.1. The van der Waals surface area contributed by atoms with Crippen LogP contribution in [0.3, 0.4) is 0 Å². The lowest BCUT2D eigenvalue weighted by molar-refractivity contribution is -0.138. The molecule has 1 aliphatic rings. The molecule has 220 valence electrons. The van der Waals surface area contributed by atoms with Gasteiger partial charge in [0.05, 0.1) is 37.6 Å². The van der Waals surface area contributed by atoms with Crippen molar-refractivity contribution in [1.29, 1.82) is 0 Å². The quantitative estimate of drug-likeness (QED) is 0.113. The third-order valence-corrected chi connectivity index (χ3v) is 5.64. The maximum absolute atomic E-state index is 12.5. The molecule has 0 heterocycles. The van der Waals surface area contributed by atoms with Crippen LogP contribution in [0.4, 0.5) is 0 Å². The van der Waals surface area contributed by atoms with Gasteiger partial charge in [-0.15, -0.1) is 0 Å². The second-order valence-electron chi connectivity index (χ2n) is 8.74. The smallest absolute Gasteiger partial charge is 0.343 e. The van der Waals surface area contributed by atoms with Crippen LogP contribution in [0.25, 0.3) is 0 Å². The fraction of sp³-hybridized carbons (Fsp3) is 0.250. The Kier molecular flexibility index (Phi) is 12.6. The first-order valence-corrected chi connectivity index (χ1v) is 13.3. The third-order valence-electron chi connectivity index (χ3n) is 5.64. The Morgan fingerprint density at radius 1 is 0.595 bits per heavy atom. The molecule has 0 unspecified atom stereocenters. The van der Waals surface area contributed by atoms with E-state index in [0.717, 1.165) is 12.2 Å². The van der Waals surface area contributed by atoms with Crippen LogP contribution in [0.1, 0.15) is 46.4 Å². The molecule has 0 radical (unpaired) electrons. The van der Waals surface area contributed by atoms with E-state index in [4.69, 9.17) is 28.4 Å². The van der Waals surface area contributed by atoms with Crippen LogP contribution in [0, 0.1) is 0 Å². The number of carbonyl (C=O) groups excluding carboxylic acids is 4. The first-order chi connectivity index (χ1) is 20.4. The summed E-state index contributed by atoms with van der Waals surface area (Å²) in [5.74, 6) is 0.0536. The maximum Gasteiger partial charge on any atom is 0.343 e. The highest BCUT2D eigenvalue weighted by Crippen LogP contribution is 2.23. The number of rotatable bonds is 16. The number of carbonyl (C=O) groups is 4. The number of benzene rings is 2. The Balaban J connectivity index is 1.39. The molecule has 0 saturated carbocycles. The highest BCUT2D eigenvalue weighted by Gasteiger charge is 2.17. The molecule has 2 aromatic rings. The van der Waals surface area contributed by atoms with Crippen molar-refractivity contribution in [3.63, 3.8) is 0 Å². The molecule has 42 heavy (non-hydrogen) atoms. The van der Waals surface area contributed by atoms with Gasteiger partial charge in [0, 0.05) is 37.8 Å². The molecule has 0 aromatic heterocycles. The summed E-state index contributed by atoms with van der Waals surface area (Å²) >= 11 is 0. The van der Waals surface area contributed by atoms with E-state index in [9.17, 15) is 19.2 Å². The molecule has 0 saturated heterocycles. The van der Waals surface area contributed by atoms with Crippen molar-refractivity contribution in [2.45, 2.75) is 25.7 Å². The molecular weight excluding hydrogens is 544 g/mol. The van der Waals surface area contributed by atoms with Gasteiger partial charge in [0.15, 0.2) is 0 Å². The Hall–Kier alpha value is -5.12. The van der Waals surface area contributed by atoms with Crippen LogP contribution in [-0.2, 0) is 28.5 Å². The number of esters is 4. The van der Waals surface area contributed by atoms with E-state index < -0.39 is 23.9 Å². The molecule has 0 N–H and O–H groups in total. The summed E-state index contributed by atoms with van der Waals surface area (Å²) in [7, 11) is 0. The van der Waals surface area contributed by atoms with E-state index >= 15 is 0 Å². The Labute approximate surface area is 243 Å². The van der Waals surface area contributed by atoms with Crippen molar-refractivity contribution in [3.05, 3.63) is 109 Å². The predicted octanol–water partition coefficient (Wildman–Crippen LogP) is 5.26. The average Bonchev–Trinajstić information content (AvgIpc) is 3.01. The van der Waals surface area contributed by atoms with Gasteiger partial charge in [-0.3, -0.25) is 0 Å². The van der Waals surface area contributed by atoms with Crippen molar-refractivity contribution in [1.82, 2.24) is 0 Å². The molecule has 10 nitrogen and oxygen atoms in total. The van der Waals surface area contributed by atoms with E-state index in [1.54, 1.807) is 60.7 Å². The van der Waals surface area contributed by atoms with E-state index in [0.29, 0.717) is 73.0 Å². The summed E-state index contributed by atoms with van der Waals surface area (Å²) in [6.45, 7) is 7.79. The molecule has 1 aliphatic carbocycles. The summed E-state index contributed by atoms with van der Waals surface area (Å²) in [5, 5.41) is 0. The van der Waals surface area contributed by atoms with Gasteiger partial charge in [0.25, 0.3) is 0 Å². The number of ether oxygens (including phenoxy) is 6. The largest absolute Gasteiger partial charge is 0.493 e. The van der Waals surface area contributed by atoms with Crippen LogP contribution < -0.4 is 9.47 Å². The van der Waals surface area contributed by atoms with Gasteiger partial charge in [-0.1, -0.05) is 13.2 Å². The topological polar surface area (TPSA) is 124 Å². The van der Waals surface area contributed by atoms with Crippen molar-refractivity contribution in [2.75, 3.05) is 26.4 Å². The Bertz CT molecular complexity index is 1220. The van der Waals surface area contributed by atoms with Gasteiger partial charge in [-0.2, -0.15) is 0 Å². The minimum Gasteiger partial charge on any atom is -0.493 e. The average molecular weight is 577 g/mol. The number of allylic oxidation sites excluding steroid dienone is 4. The van der Waals surface area contributed by atoms with Gasteiger partial charge >= 0.3 is 23.9 Å². The minimum atomic E-state index is -0.516. The zero-order chi connectivity index (χ0) is 30.2. The van der Waals surface area contributed by atoms with E-state index in [-0.39, 0.29) is 13.2 Å². The normalized spacial score (nSPS) is 12.1. The standard InChI is InChI=1S/C32H32O10/c1-3-29(33)39-21-5-19-37-25-11-7-23(8-12-25)31(35)41-27-15-17-28(18-16-27)42-32(36)24-9-13-26(14-10-24)38-20-6-22-40-30(34)4-2/h3-4,7-15,17H,1-2,5-6,16,18-22H2. The molecule has 0 aliphatic heterocycles. The van der Waals surface area contributed by atoms with Gasteiger partial charge < -0.3 is 28.4 Å². The Morgan fingerprint density at radius 2 is 0.976 bits per heavy atom. The lowest BCUT2D eigenvalue weighted by Gasteiger charge is -2.15. The predicted molar refractivity (Wildman–Crippen MR) is 152 cm³/mol. The second kappa shape index (κ2) is 16.9. The van der Waals surface area contributed by atoms with Crippen LogP contribution in [0.5, 0.6) is 11.5 Å².